The summed E-state index contributed by atoms with van der Waals surface area (Å²) in [7, 11) is 0. The summed E-state index contributed by atoms with van der Waals surface area (Å²) in [6.45, 7) is 5.98. The van der Waals surface area contributed by atoms with Gasteiger partial charge >= 0.3 is 0 Å². The van der Waals surface area contributed by atoms with Crippen LogP contribution in [0.2, 0.25) is 0 Å². The maximum atomic E-state index is 7.47. The van der Waals surface area contributed by atoms with Gasteiger partial charge in [0, 0.05) is 5.56 Å². The van der Waals surface area contributed by atoms with E-state index in [4.69, 9.17) is 15.9 Å². The molecule has 0 radical (unpaired) electrons. The molecule has 0 aromatic heterocycles. The summed E-state index contributed by atoms with van der Waals surface area (Å²) in [5, 5.41) is 7.47. The van der Waals surface area contributed by atoms with Crippen LogP contribution in [0.1, 0.15) is 22.3 Å². The third-order valence-corrected chi connectivity index (χ3v) is 3.06. The van der Waals surface area contributed by atoms with Gasteiger partial charge in [0.25, 0.3) is 0 Å². The van der Waals surface area contributed by atoms with Crippen molar-refractivity contribution in [3.63, 3.8) is 0 Å². The quantitative estimate of drug-likeness (QED) is 0.648. The van der Waals surface area contributed by atoms with Gasteiger partial charge in [-0.05, 0) is 61.7 Å². The molecule has 3 N–H and O–H groups in total. The zero-order valence-corrected chi connectivity index (χ0v) is 11.4. The molecule has 98 valence electrons. The summed E-state index contributed by atoms with van der Waals surface area (Å²) < 4.78 is 5.89. The summed E-state index contributed by atoms with van der Waals surface area (Å²) >= 11 is 0. The molecule has 0 amide bonds. The minimum Gasteiger partial charge on any atom is -0.457 e. The average molecular weight is 254 g/mol. The molecule has 0 aliphatic carbocycles. The predicted octanol–water partition coefficient (Wildman–Crippen LogP) is 3.69. The van der Waals surface area contributed by atoms with E-state index in [1.807, 2.05) is 51.1 Å². The van der Waals surface area contributed by atoms with E-state index in [0.717, 1.165) is 33.8 Å². The molecule has 2 aromatic carbocycles. The van der Waals surface area contributed by atoms with Crippen LogP contribution in [-0.2, 0) is 0 Å². The van der Waals surface area contributed by atoms with E-state index in [2.05, 4.69) is 6.07 Å². The Bertz CT molecular complexity index is 633. The largest absolute Gasteiger partial charge is 0.457 e. The van der Waals surface area contributed by atoms with Gasteiger partial charge in [0.1, 0.15) is 17.3 Å². The van der Waals surface area contributed by atoms with Crippen LogP contribution in [0.4, 0.5) is 0 Å². The van der Waals surface area contributed by atoms with E-state index in [9.17, 15) is 0 Å². The van der Waals surface area contributed by atoms with E-state index in [1.54, 1.807) is 0 Å². The first-order valence-electron chi connectivity index (χ1n) is 6.17. The van der Waals surface area contributed by atoms with E-state index in [1.165, 1.54) is 0 Å². The summed E-state index contributed by atoms with van der Waals surface area (Å²) in [6, 6.07) is 11.7. The number of nitrogens with two attached hydrogens (primary N) is 1. The molecular formula is C16H18N2O. The number of nitrogen functional groups attached to an aromatic ring is 1. The van der Waals surface area contributed by atoms with Crippen LogP contribution in [0.25, 0.3) is 0 Å². The SMILES string of the molecule is Cc1ccc(C)c(Oc2ccc(C(=N)N)c(C)c2)c1. The molecule has 0 aliphatic heterocycles. The lowest BCUT2D eigenvalue weighted by Gasteiger charge is -2.11. The van der Waals surface area contributed by atoms with Crippen LogP contribution in [-0.4, -0.2) is 5.84 Å². The third-order valence-electron chi connectivity index (χ3n) is 3.06. The van der Waals surface area contributed by atoms with Gasteiger partial charge in [-0.1, -0.05) is 12.1 Å². The molecule has 19 heavy (non-hydrogen) atoms. The van der Waals surface area contributed by atoms with Crippen molar-refractivity contribution in [2.45, 2.75) is 20.8 Å². The average Bonchev–Trinajstić information content (AvgIpc) is 2.33. The smallest absolute Gasteiger partial charge is 0.130 e. The van der Waals surface area contributed by atoms with E-state index < -0.39 is 0 Å². The van der Waals surface area contributed by atoms with Crippen LogP contribution in [0.15, 0.2) is 36.4 Å². The molecule has 0 unspecified atom stereocenters. The normalized spacial score (nSPS) is 10.3. The number of ether oxygens (including phenoxy) is 1. The first-order chi connectivity index (χ1) is 8.97. The Balaban J connectivity index is 2.31. The van der Waals surface area contributed by atoms with Crippen LogP contribution in [0.5, 0.6) is 11.5 Å². The second kappa shape index (κ2) is 5.14. The van der Waals surface area contributed by atoms with Crippen molar-refractivity contribution in [1.82, 2.24) is 0 Å². The highest BCUT2D eigenvalue weighted by atomic mass is 16.5. The second-order valence-electron chi connectivity index (χ2n) is 4.76. The molecule has 3 heteroatoms. The van der Waals surface area contributed by atoms with Gasteiger partial charge in [0.2, 0.25) is 0 Å². The van der Waals surface area contributed by atoms with Gasteiger partial charge in [-0.25, -0.2) is 0 Å². The van der Waals surface area contributed by atoms with Crippen molar-refractivity contribution in [1.29, 1.82) is 5.41 Å². The zero-order valence-electron chi connectivity index (χ0n) is 11.4. The van der Waals surface area contributed by atoms with Gasteiger partial charge in [0.15, 0.2) is 0 Å². The number of nitrogens with one attached hydrogen (secondary N) is 1. The minimum absolute atomic E-state index is 0.0794. The second-order valence-corrected chi connectivity index (χ2v) is 4.76. The van der Waals surface area contributed by atoms with E-state index in [-0.39, 0.29) is 5.84 Å². The summed E-state index contributed by atoms with van der Waals surface area (Å²) in [5.41, 5.74) is 9.45. The van der Waals surface area contributed by atoms with Crippen molar-refractivity contribution < 1.29 is 4.74 Å². The van der Waals surface area contributed by atoms with E-state index in [0.29, 0.717) is 0 Å². The lowest BCUT2D eigenvalue weighted by Crippen LogP contribution is -2.12. The highest BCUT2D eigenvalue weighted by Gasteiger charge is 2.06. The molecule has 0 saturated carbocycles. The van der Waals surface area contributed by atoms with Crippen molar-refractivity contribution >= 4 is 5.84 Å². The van der Waals surface area contributed by atoms with Gasteiger partial charge in [0.05, 0.1) is 0 Å². The van der Waals surface area contributed by atoms with Crippen molar-refractivity contribution in [3.05, 3.63) is 58.7 Å². The fourth-order valence-electron chi connectivity index (χ4n) is 1.95. The summed E-state index contributed by atoms with van der Waals surface area (Å²) in [4.78, 5) is 0. The number of hydrogen-bond acceptors (Lipinski definition) is 2. The van der Waals surface area contributed by atoms with Gasteiger partial charge in [-0.3, -0.25) is 5.41 Å². The molecular weight excluding hydrogens is 236 g/mol. The molecule has 0 atom stereocenters. The summed E-state index contributed by atoms with van der Waals surface area (Å²) in [5.74, 6) is 1.70. The highest BCUT2D eigenvalue weighted by molar-refractivity contribution is 5.96. The Morgan fingerprint density at radius 2 is 1.74 bits per heavy atom. The lowest BCUT2D eigenvalue weighted by molar-refractivity contribution is 0.478. The number of hydrogen-bond donors (Lipinski definition) is 2. The molecule has 2 aromatic rings. The van der Waals surface area contributed by atoms with Crippen molar-refractivity contribution in [3.8, 4) is 11.5 Å². The van der Waals surface area contributed by atoms with Gasteiger partial charge in [-0.2, -0.15) is 0 Å². The molecule has 3 nitrogen and oxygen atoms in total. The first kappa shape index (κ1) is 13.1. The Labute approximate surface area is 113 Å². The summed E-state index contributed by atoms with van der Waals surface area (Å²) in [6.07, 6.45) is 0. The predicted molar refractivity (Wildman–Crippen MR) is 78.2 cm³/mol. The number of benzene rings is 2. The lowest BCUT2D eigenvalue weighted by atomic mass is 10.1. The van der Waals surface area contributed by atoms with Crippen LogP contribution in [0.3, 0.4) is 0 Å². The number of amidine groups is 1. The fraction of sp³-hybridized carbons (Fsp3) is 0.188. The maximum Gasteiger partial charge on any atom is 0.130 e. The molecule has 2 rings (SSSR count). The zero-order chi connectivity index (χ0) is 14.0. The Morgan fingerprint density at radius 1 is 1.00 bits per heavy atom. The molecule has 0 heterocycles. The molecule has 0 aliphatic rings. The number of rotatable bonds is 3. The monoisotopic (exact) mass is 254 g/mol. The Morgan fingerprint density at radius 3 is 2.37 bits per heavy atom. The minimum atomic E-state index is 0.0794. The van der Waals surface area contributed by atoms with Gasteiger partial charge in [-0.15, -0.1) is 0 Å². The highest BCUT2D eigenvalue weighted by Crippen LogP contribution is 2.27. The van der Waals surface area contributed by atoms with Crippen LogP contribution in [0, 0.1) is 26.2 Å². The van der Waals surface area contributed by atoms with Gasteiger partial charge < -0.3 is 10.5 Å². The fourth-order valence-corrected chi connectivity index (χ4v) is 1.95. The number of aryl methyl sites for hydroxylation is 3. The molecule has 0 fully saturated rings. The standard InChI is InChI=1S/C16H18N2O/c1-10-4-5-11(2)15(8-10)19-13-6-7-14(16(17)18)12(3)9-13/h4-9H,1-3H3,(H3,17,18). The third kappa shape index (κ3) is 2.94. The first-order valence-corrected chi connectivity index (χ1v) is 6.17. The van der Waals surface area contributed by atoms with Crippen molar-refractivity contribution in [2.75, 3.05) is 0 Å². The Kier molecular flexibility index (Phi) is 3.56. The van der Waals surface area contributed by atoms with Crippen molar-refractivity contribution in [2.24, 2.45) is 5.73 Å². The topological polar surface area (TPSA) is 59.1 Å². The van der Waals surface area contributed by atoms with Crippen LogP contribution >= 0.6 is 0 Å². The Hall–Kier alpha value is -2.29. The molecule has 0 spiro atoms. The van der Waals surface area contributed by atoms with Crippen LogP contribution < -0.4 is 10.5 Å². The molecule has 0 saturated heterocycles. The molecule has 0 bridgehead atoms. The maximum absolute atomic E-state index is 7.47. The van der Waals surface area contributed by atoms with E-state index >= 15 is 0 Å².